The maximum absolute atomic E-state index is 13.8. The fourth-order valence-corrected chi connectivity index (χ4v) is 4.34. The van der Waals surface area contributed by atoms with E-state index < -0.39 is 11.6 Å². The molecule has 30 heavy (non-hydrogen) atoms. The SMILES string of the molecule is CCNC(=NCc1cc(F)ccc1F)NCCCc1nnc(SC)n1C1CCCC1. The third-order valence-electron chi connectivity index (χ3n) is 5.24. The van der Waals surface area contributed by atoms with E-state index in [0.717, 1.165) is 36.0 Å². The highest BCUT2D eigenvalue weighted by Crippen LogP contribution is 2.33. The van der Waals surface area contributed by atoms with Gasteiger partial charge in [0.1, 0.15) is 17.5 Å². The molecule has 1 fully saturated rings. The quantitative estimate of drug-likeness (QED) is 0.268. The summed E-state index contributed by atoms with van der Waals surface area (Å²) in [5.74, 6) is 0.711. The van der Waals surface area contributed by atoms with Crippen molar-refractivity contribution in [2.75, 3.05) is 19.3 Å². The topological polar surface area (TPSA) is 67.1 Å². The minimum Gasteiger partial charge on any atom is -0.357 e. The maximum atomic E-state index is 13.8. The summed E-state index contributed by atoms with van der Waals surface area (Å²) in [5, 5.41) is 16.2. The second kappa shape index (κ2) is 11.3. The smallest absolute Gasteiger partial charge is 0.191 e. The minimum atomic E-state index is -0.462. The lowest BCUT2D eigenvalue weighted by molar-refractivity contribution is 0.460. The Hall–Kier alpha value is -2.16. The van der Waals surface area contributed by atoms with Crippen LogP contribution >= 0.6 is 11.8 Å². The zero-order valence-electron chi connectivity index (χ0n) is 17.6. The Bertz CT molecular complexity index is 848. The molecule has 6 nitrogen and oxygen atoms in total. The number of nitrogens with zero attached hydrogens (tertiary/aromatic N) is 4. The number of aromatic nitrogens is 3. The largest absolute Gasteiger partial charge is 0.357 e. The highest BCUT2D eigenvalue weighted by atomic mass is 32.2. The van der Waals surface area contributed by atoms with E-state index in [2.05, 4.69) is 30.4 Å². The molecule has 0 amide bonds. The molecule has 0 radical (unpaired) electrons. The van der Waals surface area contributed by atoms with Gasteiger partial charge >= 0.3 is 0 Å². The molecular weight excluding hydrogens is 406 g/mol. The van der Waals surface area contributed by atoms with Gasteiger partial charge in [0.2, 0.25) is 0 Å². The lowest BCUT2D eigenvalue weighted by Crippen LogP contribution is -2.38. The molecule has 0 atom stereocenters. The molecule has 0 saturated heterocycles. The molecule has 0 bridgehead atoms. The van der Waals surface area contributed by atoms with Gasteiger partial charge in [0.25, 0.3) is 0 Å². The summed E-state index contributed by atoms with van der Waals surface area (Å²) in [4.78, 5) is 4.38. The normalized spacial score (nSPS) is 15.0. The number of rotatable bonds is 9. The monoisotopic (exact) mass is 436 g/mol. The average molecular weight is 437 g/mol. The van der Waals surface area contributed by atoms with Crippen LogP contribution in [0, 0.1) is 11.6 Å². The molecule has 2 N–H and O–H groups in total. The van der Waals surface area contributed by atoms with E-state index in [9.17, 15) is 8.78 Å². The highest BCUT2D eigenvalue weighted by molar-refractivity contribution is 7.98. The van der Waals surface area contributed by atoms with Gasteiger partial charge < -0.3 is 15.2 Å². The van der Waals surface area contributed by atoms with Gasteiger partial charge in [-0.15, -0.1) is 10.2 Å². The van der Waals surface area contributed by atoms with Crippen LogP contribution in [-0.4, -0.2) is 40.1 Å². The molecule has 1 aliphatic rings. The molecule has 1 aromatic carbocycles. The molecule has 0 unspecified atom stereocenters. The number of hydrogen-bond donors (Lipinski definition) is 2. The Kier molecular flexibility index (Phi) is 8.48. The van der Waals surface area contributed by atoms with E-state index >= 15 is 0 Å². The predicted molar refractivity (Wildman–Crippen MR) is 117 cm³/mol. The average Bonchev–Trinajstić information content (AvgIpc) is 3.40. The van der Waals surface area contributed by atoms with Gasteiger partial charge in [-0.3, -0.25) is 0 Å². The van der Waals surface area contributed by atoms with Crippen LogP contribution in [0.25, 0.3) is 0 Å². The highest BCUT2D eigenvalue weighted by Gasteiger charge is 2.23. The Morgan fingerprint density at radius 1 is 1.23 bits per heavy atom. The van der Waals surface area contributed by atoms with Gasteiger partial charge in [0.05, 0.1) is 6.54 Å². The second-order valence-corrected chi connectivity index (χ2v) is 8.15. The first kappa shape index (κ1) is 22.5. The Morgan fingerprint density at radius 3 is 2.77 bits per heavy atom. The molecule has 2 aromatic rings. The first-order valence-electron chi connectivity index (χ1n) is 10.6. The van der Waals surface area contributed by atoms with Crippen LogP contribution in [0.15, 0.2) is 28.3 Å². The second-order valence-electron chi connectivity index (χ2n) is 7.37. The molecule has 1 aliphatic carbocycles. The van der Waals surface area contributed by atoms with Gasteiger partial charge in [0.15, 0.2) is 11.1 Å². The summed E-state index contributed by atoms with van der Waals surface area (Å²) in [6.45, 7) is 3.42. The number of thioether (sulfide) groups is 1. The number of aryl methyl sites for hydroxylation is 1. The van der Waals surface area contributed by atoms with Crippen LogP contribution in [0.4, 0.5) is 8.78 Å². The number of aliphatic imine (C=N–C) groups is 1. The van der Waals surface area contributed by atoms with Crippen LogP contribution in [0.3, 0.4) is 0 Å². The molecule has 1 saturated carbocycles. The van der Waals surface area contributed by atoms with Gasteiger partial charge in [0, 0.05) is 31.1 Å². The Labute approximate surface area is 181 Å². The van der Waals surface area contributed by atoms with Crippen molar-refractivity contribution < 1.29 is 8.78 Å². The number of guanidine groups is 1. The maximum Gasteiger partial charge on any atom is 0.191 e. The van der Waals surface area contributed by atoms with Crippen molar-refractivity contribution in [3.8, 4) is 0 Å². The molecule has 1 aromatic heterocycles. The van der Waals surface area contributed by atoms with Crippen molar-refractivity contribution in [3.05, 3.63) is 41.2 Å². The molecule has 3 rings (SSSR count). The number of benzene rings is 1. The summed E-state index contributed by atoms with van der Waals surface area (Å²) in [7, 11) is 0. The lowest BCUT2D eigenvalue weighted by Gasteiger charge is -2.16. The van der Waals surface area contributed by atoms with E-state index in [-0.39, 0.29) is 12.1 Å². The molecule has 164 valence electrons. The zero-order valence-corrected chi connectivity index (χ0v) is 18.4. The Balaban J connectivity index is 1.55. The van der Waals surface area contributed by atoms with Crippen molar-refractivity contribution in [1.82, 2.24) is 25.4 Å². The lowest BCUT2D eigenvalue weighted by atomic mass is 10.2. The minimum absolute atomic E-state index is 0.0754. The van der Waals surface area contributed by atoms with E-state index in [1.807, 2.05) is 13.2 Å². The van der Waals surface area contributed by atoms with Gasteiger partial charge in [-0.1, -0.05) is 24.6 Å². The van der Waals surface area contributed by atoms with E-state index in [0.29, 0.717) is 25.1 Å². The van der Waals surface area contributed by atoms with Crippen molar-refractivity contribution in [2.24, 2.45) is 4.99 Å². The molecule has 0 spiro atoms. The first-order valence-corrected chi connectivity index (χ1v) is 11.8. The zero-order chi connectivity index (χ0) is 21.3. The summed E-state index contributed by atoms with van der Waals surface area (Å²) in [5.41, 5.74) is 0.237. The molecule has 1 heterocycles. The van der Waals surface area contributed by atoms with Crippen LogP contribution in [0.5, 0.6) is 0 Å². The summed E-state index contributed by atoms with van der Waals surface area (Å²) in [6.07, 6.45) is 8.68. The third-order valence-corrected chi connectivity index (χ3v) is 5.88. The summed E-state index contributed by atoms with van der Waals surface area (Å²) in [6, 6.07) is 3.94. The van der Waals surface area contributed by atoms with Crippen LogP contribution in [0.1, 0.15) is 56.5 Å². The summed E-state index contributed by atoms with van der Waals surface area (Å²) < 4.78 is 29.5. The standard InChI is InChI=1S/C21H30F2N6S/c1-3-24-20(26-14-15-13-16(22)10-11-18(15)23)25-12-6-9-19-27-28-21(30-2)29(19)17-7-4-5-8-17/h10-11,13,17H,3-9,12,14H2,1-2H3,(H2,24,25,26). The van der Waals surface area contributed by atoms with Crippen molar-refractivity contribution in [2.45, 2.75) is 63.2 Å². The van der Waals surface area contributed by atoms with Gasteiger partial charge in [-0.2, -0.15) is 0 Å². The van der Waals surface area contributed by atoms with Crippen LogP contribution in [-0.2, 0) is 13.0 Å². The fraction of sp³-hybridized carbons (Fsp3) is 0.571. The van der Waals surface area contributed by atoms with Crippen molar-refractivity contribution >= 4 is 17.7 Å². The first-order chi connectivity index (χ1) is 14.6. The van der Waals surface area contributed by atoms with Crippen LogP contribution in [0.2, 0.25) is 0 Å². The molecule has 0 aliphatic heterocycles. The molecule has 9 heteroatoms. The number of nitrogens with one attached hydrogen (secondary N) is 2. The number of halogens is 2. The van der Waals surface area contributed by atoms with E-state index in [4.69, 9.17) is 0 Å². The Morgan fingerprint density at radius 2 is 2.03 bits per heavy atom. The van der Waals surface area contributed by atoms with E-state index in [1.54, 1.807) is 11.8 Å². The van der Waals surface area contributed by atoms with Gasteiger partial charge in [-0.05, 0) is 50.6 Å². The summed E-state index contributed by atoms with van der Waals surface area (Å²) >= 11 is 1.65. The third kappa shape index (κ3) is 5.93. The van der Waals surface area contributed by atoms with E-state index in [1.165, 1.54) is 31.7 Å². The van der Waals surface area contributed by atoms with Crippen molar-refractivity contribution in [1.29, 1.82) is 0 Å². The predicted octanol–water partition coefficient (Wildman–Crippen LogP) is 4.08. The molecular formula is C21H30F2N6S. The number of hydrogen-bond acceptors (Lipinski definition) is 4. The fourth-order valence-electron chi connectivity index (χ4n) is 3.77. The van der Waals surface area contributed by atoms with Crippen molar-refractivity contribution in [3.63, 3.8) is 0 Å². The van der Waals surface area contributed by atoms with Crippen LogP contribution < -0.4 is 10.6 Å². The van der Waals surface area contributed by atoms with Gasteiger partial charge in [-0.25, -0.2) is 13.8 Å².